The minimum Gasteiger partial charge on any atom is -0.508 e. The smallest absolute Gasteiger partial charge is 0.335 e. The molecule has 1 aliphatic heterocycles. The first kappa shape index (κ1) is 39.4. The van der Waals surface area contributed by atoms with E-state index in [1.165, 1.54) is 36.4 Å². The van der Waals surface area contributed by atoms with E-state index in [2.05, 4.69) is 31.1 Å². The van der Waals surface area contributed by atoms with E-state index in [1.54, 1.807) is 6.20 Å². The number of nitrogens with two attached hydrogens (primary N) is 1. The van der Waals surface area contributed by atoms with Crippen molar-refractivity contribution in [2.24, 2.45) is 23.5 Å². The highest BCUT2D eigenvalue weighted by Crippen LogP contribution is 2.36. The summed E-state index contributed by atoms with van der Waals surface area (Å²) in [6, 6.07) is 11.1. The standard InChI is InChI=1S/C38H47N3O12/c1-19(2)5-4-6-20(3)23(15-21-13-14-40-17-21)18-41-36(49)38(50)33(45)30(44)32(35(47)48)53-37(38)51-25-11-12-26-27(16-25)52-31(34(39)46)28(29(26)43)22-7-9-24(42)10-8-22/h7-14,16-17,19-20,23,30,32-33,36-37,40-42,44-45,49-50H,4-6,15,18H2,1-3H3,(H2,39,46)(H,47,48)/t20-,23-,30+,32-,33-,36+,37+,38-/m0/s1. The van der Waals surface area contributed by atoms with Gasteiger partial charge in [0.25, 0.3) is 5.91 Å². The molecule has 3 heterocycles. The van der Waals surface area contributed by atoms with Gasteiger partial charge >= 0.3 is 5.97 Å². The summed E-state index contributed by atoms with van der Waals surface area (Å²) in [6.45, 7) is 6.56. The number of carbonyl (C=O) groups is 2. The number of hydrogen-bond donors (Lipinski definition) is 9. The van der Waals surface area contributed by atoms with Gasteiger partial charge in [-0.15, -0.1) is 0 Å². The van der Waals surface area contributed by atoms with Crippen molar-refractivity contribution in [3.05, 3.63) is 82.5 Å². The van der Waals surface area contributed by atoms with Crippen molar-refractivity contribution in [2.45, 2.75) is 82.9 Å². The van der Waals surface area contributed by atoms with Crippen LogP contribution in [0.15, 0.2) is 70.1 Å². The Labute approximate surface area is 305 Å². The average molecular weight is 738 g/mol. The predicted molar refractivity (Wildman–Crippen MR) is 192 cm³/mol. The second kappa shape index (κ2) is 16.5. The molecule has 53 heavy (non-hydrogen) atoms. The van der Waals surface area contributed by atoms with E-state index >= 15 is 0 Å². The molecule has 0 bridgehead atoms. The molecule has 15 nitrogen and oxygen atoms in total. The fourth-order valence-electron chi connectivity index (χ4n) is 6.73. The number of H-pyrrole nitrogens is 1. The zero-order valence-corrected chi connectivity index (χ0v) is 29.6. The molecule has 0 spiro atoms. The molecule has 0 unspecified atom stereocenters. The van der Waals surface area contributed by atoms with Gasteiger partial charge in [0.05, 0.1) is 10.9 Å². The van der Waals surface area contributed by atoms with Crippen molar-refractivity contribution >= 4 is 22.8 Å². The maximum atomic E-state index is 13.6. The van der Waals surface area contributed by atoms with Crippen LogP contribution >= 0.6 is 0 Å². The molecule has 5 rings (SSSR count). The van der Waals surface area contributed by atoms with Gasteiger partial charge in [-0.1, -0.05) is 52.2 Å². The van der Waals surface area contributed by atoms with Crippen LogP contribution in [0.25, 0.3) is 22.1 Å². The third kappa shape index (κ3) is 8.56. The Balaban J connectivity index is 1.45. The Kier molecular flexibility index (Phi) is 12.3. The molecule has 1 saturated heterocycles. The summed E-state index contributed by atoms with van der Waals surface area (Å²) in [5, 5.41) is 67.6. The predicted octanol–water partition coefficient (Wildman–Crippen LogP) is 2.46. The fraction of sp³-hybridized carbons (Fsp3) is 0.447. The molecule has 286 valence electrons. The number of aliphatic hydroxyl groups excluding tert-OH is 3. The minimum atomic E-state index is -2.85. The average Bonchev–Trinajstić information content (AvgIpc) is 3.63. The molecule has 4 aromatic rings. The van der Waals surface area contributed by atoms with Crippen LogP contribution in [0, 0.1) is 17.8 Å². The number of hydrogen-bond acceptors (Lipinski definition) is 12. The monoisotopic (exact) mass is 737 g/mol. The quantitative estimate of drug-likeness (QED) is 0.0750. The Morgan fingerprint density at radius 2 is 1.79 bits per heavy atom. The zero-order valence-electron chi connectivity index (χ0n) is 29.6. The number of aromatic hydroxyl groups is 1. The Hall–Kier alpha value is -4.77. The molecule has 15 heteroatoms. The largest absolute Gasteiger partial charge is 0.508 e. The summed E-state index contributed by atoms with van der Waals surface area (Å²) in [4.78, 5) is 41.1. The molecule has 1 fully saturated rings. The number of phenols is 1. The lowest BCUT2D eigenvalue weighted by Gasteiger charge is -2.48. The van der Waals surface area contributed by atoms with E-state index in [0.29, 0.717) is 12.3 Å². The summed E-state index contributed by atoms with van der Waals surface area (Å²) < 4.78 is 17.1. The van der Waals surface area contributed by atoms with E-state index in [1.807, 2.05) is 12.3 Å². The van der Waals surface area contributed by atoms with Gasteiger partial charge in [-0.25, -0.2) is 4.79 Å². The number of nitrogens with one attached hydrogen (secondary N) is 2. The number of rotatable bonds is 16. The molecule has 0 aliphatic carbocycles. The van der Waals surface area contributed by atoms with Crippen LogP contribution in [-0.2, 0) is 16.0 Å². The number of benzene rings is 2. The van der Waals surface area contributed by atoms with Gasteiger partial charge in [0.1, 0.15) is 35.5 Å². The maximum absolute atomic E-state index is 13.6. The number of aliphatic hydroxyl groups is 4. The van der Waals surface area contributed by atoms with Crippen LogP contribution in [0.4, 0.5) is 0 Å². The van der Waals surface area contributed by atoms with Crippen LogP contribution in [0.3, 0.4) is 0 Å². The van der Waals surface area contributed by atoms with Crippen molar-refractivity contribution in [3.8, 4) is 22.6 Å². The van der Waals surface area contributed by atoms with Crippen LogP contribution in [-0.4, -0.2) is 90.5 Å². The lowest BCUT2D eigenvalue weighted by Crippen LogP contribution is -2.75. The van der Waals surface area contributed by atoms with E-state index in [9.17, 15) is 45.0 Å². The van der Waals surface area contributed by atoms with Crippen LogP contribution in [0.1, 0.15) is 56.2 Å². The van der Waals surface area contributed by atoms with Gasteiger partial charge in [0, 0.05) is 25.0 Å². The summed E-state index contributed by atoms with van der Waals surface area (Å²) in [7, 11) is 0. The molecule has 1 aliphatic rings. The normalized spacial score (nSPS) is 23.5. The van der Waals surface area contributed by atoms with Crippen LogP contribution in [0.2, 0.25) is 0 Å². The van der Waals surface area contributed by atoms with Crippen molar-refractivity contribution in [1.29, 1.82) is 0 Å². The number of amides is 1. The van der Waals surface area contributed by atoms with E-state index < -0.39 is 59.5 Å². The molecule has 2 aromatic carbocycles. The first-order valence-electron chi connectivity index (χ1n) is 17.5. The molecular weight excluding hydrogens is 690 g/mol. The van der Waals surface area contributed by atoms with Crippen molar-refractivity contribution < 1.29 is 54.1 Å². The van der Waals surface area contributed by atoms with E-state index in [0.717, 1.165) is 30.9 Å². The highest BCUT2D eigenvalue weighted by molar-refractivity contribution is 5.99. The summed E-state index contributed by atoms with van der Waals surface area (Å²) in [5.41, 5.74) is 3.02. The lowest BCUT2D eigenvalue weighted by molar-refractivity contribution is -0.338. The van der Waals surface area contributed by atoms with Crippen LogP contribution in [0.5, 0.6) is 11.5 Å². The van der Waals surface area contributed by atoms with Gasteiger partial charge in [0.2, 0.25) is 17.5 Å². The lowest BCUT2D eigenvalue weighted by atomic mass is 9.82. The minimum absolute atomic E-state index is 0.0122. The summed E-state index contributed by atoms with van der Waals surface area (Å²) in [6.07, 6.45) is -3.42. The molecule has 0 saturated carbocycles. The topological polar surface area (TPSA) is 258 Å². The second-order valence-corrected chi connectivity index (χ2v) is 14.2. The Bertz CT molecular complexity index is 1930. The number of fused-ring (bicyclic) bond motifs is 1. The van der Waals surface area contributed by atoms with Gasteiger partial charge in [-0.05, 0) is 65.6 Å². The number of carbonyl (C=O) groups excluding carboxylic acids is 1. The fourth-order valence-corrected chi connectivity index (χ4v) is 6.73. The second-order valence-electron chi connectivity index (χ2n) is 14.2. The SMILES string of the molecule is CC(C)CCC[C@H](C)[C@H](CN[C@H](O)[C@]1(O)[C@H](Oc2ccc3c(=O)c(-c4ccc(O)cc4)c(C(N)=O)oc3c2)O[C@H](C(=O)O)[C@@H](O)[C@@H]1O)Cc1cc[nH]c1. The number of carboxylic acids is 1. The molecule has 8 atom stereocenters. The van der Waals surface area contributed by atoms with Gasteiger partial charge in [0.15, 0.2) is 11.7 Å². The summed E-state index contributed by atoms with van der Waals surface area (Å²) in [5.74, 6) is -2.84. The first-order chi connectivity index (χ1) is 25.1. The number of primary amides is 1. The molecule has 0 radical (unpaired) electrons. The third-order valence-electron chi connectivity index (χ3n) is 9.90. The Morgan fingerprint density at radius 1 is 1.08 bits per heavy atom. The highest BCUT2D eigenvalue weighted by Gasteiger charge is 2.62. The van der Waals surface area contributed by atoms with Gasteiger partial charge < -0.3 is 55.2 Å². The zero-order chi connectivity index (χ0) is 38.6. The van der Waals surface area contributed by atoms with Gasteiger partial charge in [-0.2, -0.15) is 0 Å². The molecule has 10 N–H and O–H groups in total. The number of aromatic nitrogens is 1. The summed E-state index contributed by atoms with van der Waals surface area (Å²) >= 11 is 0. The number of aliphatic carboxylic acids is 1. The van der Waals surface area contributed by atoms with E-state index in [4.69, 9.17) is 19.6 Å². The third-order valence-corrected chi connectivity index (χ3v) is 9.90. The maximum Gasteiger partial charge on any atom is 0.335 e. The van der Waals surface area contributed by atoms with Crippen molar-refractivity contribution in [1.82, 2.24) is 10.3 Å². The number of phenolic OH excluding ortho intramolecular Hbond substituents is 1. The molecule has 1 amide bonds. The molecular formula is C38H47N3O12. The highest BCUT2D eigenvalue weighted by atomic mass is 16.7. The first-order valence-corrected chi connectivity index (χ1v) is 17.5. The Morgan fingerprint density at radius 3 is 2.42 bits per heavy atom. The van der Waals surface area contributed by atoms with Crippen molar-refractivity contribution in [3.63, 3.8) is 0 Å². The number of ether oxygens (including phenoxy) is 2. The van der Waals surface area contributed by atoms with Crippen molar-refractivity contribution in [2.75, 3.05) is 6.54 Å². The van der Waals surface area contributed by atoms with Gasteiger partial charge in [-0.3, -0.25) is 14.9 Å². The van der Waals surface area contributed by atoms with E-state index in [-0.39, 0.29) is 52.0 Å². The number of aromatic amines is 1. The number of carboxylic acid groups (broad SMARTS) is 1. The van der Waals surface area contributed by atoms with Crippen LogP contribution < -0.4 is 21.2 Å². The molecule has 2 aromatic heterocycles.